The van der Waals surface area contributed by atoms with Crippen molar-refractivity contribution >= 4 is 17.6 Å². The maximum atomic E-state index is 5.85. The van der Waals surface area contributed by atoms with Crippen LogP contribution < -0.4 is 10.5 Å². The number of hydrogen-bond acceptors (Lipinski definition) is 3. The van der Waals surface area contributed by atoms with Gasteiger partial charge in [-0.15, -0.1) is 0 Å². The normalized spacial score (nSPS) is 11.7. The Morgan fingerprint density at radius 2 is 1.93 bits per heavy atom. The first-order valence-corrected chi connectivity index (χ1v) is 6.05. The first-order chi connectivity index (χ1) is 6.99. The summed E-state index contributed by atoms with van der Waals surface area (Å²) in [6.45, 7) is 7.54. The van der Waals surface area contributed by atoms with Crippen molar-refractivity contribution < 1.29 is 0 Å². The monoisotopic (exact) mass is 224 g/mol. The molecule has 0 amide bonds. The third-order valence-electron chi connectivity index (χ3n) is 1.93. The Balaban J connectivity index is 2.30. The molecule has 0 bridgehead atoms. The highest BCUT2D eigenvalue weighted by atomic mass is 32.2. The van der Waals surface area contributed by atoms with Crippen LogP contribution in [0.5, 0.6) is 0 Å². The van der Waals surface area contributed by atoms with Crippen LogP contribution in [0.1, 0.15) is 26.3 Å². The summed E-state index contributed by atoms with van der Waals surface area (Å²) in [5, 5.41) is 0. The number of hydrogen-bond donors (Lipinski definition) is 2. The molecular weight excluding hydrogens is 204 g/mol. The number of rotatable bonds is 4. The Labute approximate surface area is 96.8 Å². The molecule has 0 saturated carbocycles. The molecule has 0 aliphatic rings. The fourth-order valence-corrected chi connectivity index (χ4v) is 1.85. The quantitative estimate of drug-likeness (QED) is 0.469. The van der Waals surface area contributed by atoms with Crippen molar-refractivity contribution in [3.05, 3.63) is 29.8 Å². The highest BCUT2D eigenvalue weighted by molar-refractivity contribution is 7.98. The van der Waals surface area contributed by atoms with Crippen molar-refractivity contribution in [2.24, 2.45) is 0 Å². The lowest BCUT2D eigenvalue weighted by atomic mass is 10.1. The molecule has 1 aromatic rings. The third kappa shape index (κ3) is 5.09. The van der Waals surface area contributed by atoms with Crippen LogP contribution in [0.3, 0.4) is 0 Å². The molecule has 1 rings (SSSR count). The van der Waals surface area contributed by atoms with Gasteiger partial charge in [-0.05, 0) is 38.8 Å². The maximum absolute atomic E-state index is 5.85. The fraction of sp³-hybridized carbons (Fsp3) is 0.500. The SMILES string of the molecule is CC(C)(C)SNCCc1ccccc1N. The van der Waals surface area contributed by atoms with E-state index in [1.54, 1.807) is 11.9 Å². The van der Waals surface area contributed by atoms with Crippen LogP contribution in [0.25, 0.3) is 0 Å². The van der Waals surface area contributed by atoms with Gasteiger partial charge in [0.1, 0.15) is 0 Å². The molecule has 0 unspecified atom stereocenters. The summed E-state index contributed by atoms with van der Waals surface area (Å²) in [5.74, 6) is 0. The molecule has 0 atom stereocenters. The number of benzene rings is 1. The fourth-order valence-electron chi connectivity index (χ4n) is 1.22. The minimum atomic E-state index is 0.266. The van der Waals surface area contributed by atoms with Gasteiger partial charge in [-0.3, -0.25) is 4.72 Å². The van der Waals surface area contributed by atoms with Crippen molar-refractivity contribution in [3.63, 3.8) is 0 Å². The van der Waals surface area contributed by atoms with Gasteiger partial charge in [0.2, 0.25) is 0 Å². The standard InChI is InChI=1S/C12H20N2S/c1-12(2,3)15-14-9-8-10-6-4-5-7-11(10)13/h4-7,14H,8-9,13H2,1-3H3. The average Bonchev–Trinajstić information content (AvgIpc) is 2.13. The van der Waals surface area contributed by atoms with Gasteiger partial charge in [-0.25, -0.2) is 0 Å². The van der Waals surface area contributed by atoms with Crippen molar-refractivity contribution in [3.8, 4) is 0 Å². The number of nitrogens with one attached hydrogen (secondary N) is 1. The van der Waals surface area contributed by atoms with Gasteiger partial charge >= 0.3 is 0 Å². The summed E-state index contributed by atoms with van der Waals surface area (Å²) in [6.07, 6.45) is 0.982. The summed E-state index contributed by atoms with van der Waals surface area (Å²) < 4.78 is 3.63. The van der Waals surface area contributed by atoms with Gasteiger partial charge in [0.05, 0.1) is 0 Å². The van der Waals surface area contributed by atoms with Gasteiger partial charge < -0.3 is 5.73 Å². The second-order valence-electron chi connectivity index (χ2n) is 4.56. The zero-order valence-corrected chi connectivity index (χ0v) is 10.5. The van der Waals surface area contributed by atoms with Crippen LogP contribution in [-0.4, -0.2) is 11.3 Å². The Morgan fingerprint density at radius 3 is 2.53 bits per heavy atom. The molecule has 84 valence electrons. The second-order valence-corrected chi connectivity index (χ2v) is 6.28. The molecule has 0 radical (unpaired) electrons. The highest BCUT2D eigenvalue weighted by Gasteiger charge is 2.09. The van der Waals surface area contributed by atoms with Crippen molar-refractivity contribution in [1.29, 1.82) is 0 Å². The average molecular weight is 224 g/mol. The summed E-state index contributed by atoms with van der Waals surface area (Å²) >= 11 is 1.77. The van der Waals surface area contributed by atoms with Gasteiger partial charge in [-0.1, -0.05) is 30.1 Å². The predicted octanol–water partition coefficient (Wildman–Crippen LogP) is 2.85. The van der Waals surface area contributed by atoms with Crippen LogP contribution in [0.2, 0.25) is 0 Å². The molecule has 2 nitrogen and oxygen atoms in total. The van der Waals surface area contributed by atoms with E-state index in [0.29, 0.717) is 0 Å². The number of nitrogens with two attached hydrogens (primary N) is 1. The molecular formula is C12H20N2S. The molecule has 0 heterocycles. The molecule has 0 spiro atoms. The number of para-hydroxylation sites is 1. The Morgan fingerprint density at radius 1 is 1.27 bits per heavy atom. The zero-order chi connectivity index (χ0) is 11.3. The summed E-state index contributed by atoms with van der Waals surface area (Å²) in [5.41, 5.74) is 7.96. The minimum Gasteiger partial charge on any atom is -0.399 e. The van der Waals surface area contributed by atoms with Crippen molar-refractivity contribution in [2.75, 3.05) is 12.3 Å². The lowest BCUT2D eigenvalue weighted by Crippen LogP contribution is -2.19. The van der Waals surface area contributed by atoms with E-state index in [-0.39, 0.29) is 4.75 Å². The van der Waals surface area contributed by atoms with E-state index in [4.69, 9.17) is 5.73 Å². The molecule has 3 heteroatoms. The number of nitrogen functional groups attached to an aromatic ring is 1. The molecule has 0 fully saturated rings. The predicted molar refractivity (Wildman–Crippen MR) is 69.9 cm³/mol. The van der Waals surface area contributed by atoms with E-state index in [9.17, 15) is 0 Å². The third-order valence-corrected chi connectivity index (χ3v) is 2.89. The minimum absolute atomic E-state index is 0.266. The molecule has 0 saturated heterocycles. The van der Waals surface area contributed by atoms with Crippen molar-refractivity contribution in [2.45, 2.75) is 31.9 Å². The van der Waals surface area contributed by atoms with Crippen LogP contribution in [-0.2, 0) is 6.42 Å². The Bertz CT molecular complexity index is 305. The maximum Gasteiger partial charge on any atom is 0.0347 e. The molecule has 1 aromatic carbocycles. The first-order valence-electron chi connectivity index (χ1n) is 5.23. The molecule has 0 aromatic heterocycles. The van der Waals surface area contributed by atoms with Crippen LogP contribution >= 0.6 is 11.9 Å². The van der Waals surface area contributed by atoms with E-state index in [1.807, 2.05) is 18.2 Å². The zero-order valence-electron chi connectivity index (χ0n) is 9.71. The smallest absolute Gasteiger partial charge is 0.0347 e. The summed E-state index contributed by atoms with van der Waals surface area (Å²) in [7, 11) is 0. The second kappa shape index (κ2) is 5.42. The van der Waals surface area contributed by atoms with Gasteiger partial charge in [0, 0.05) is 17.0 Å². The summed E-state index contributed by atoms with van der Waals surface area (Å²) in [6, 6.07) is 8.03. The van der Waals surface area contributed by atoms with E-state index in [1.165, 1.54) is 5.56 Å². The van der Waals surface area contributed by atoms with Crippen LogP contribution in [0.4, 0.5) is 5.69 Å². The van der Waals surface area contributed by atoms with Crippen LogP contribution in [0.15, 0.2) is 24.3 Å². The van der Waals surface area contributed by atoms with E-state index >= 15 is 0 Å². The Hall–Kier alpha value is -0.670. The van der Waals surface area contributed by atoms with Gasteiger partial charge in [-0.2, -0.15) is 0 Å². The van der Waals surface area contributed by atoms with Gasteiger partial charge in [0.25, 0.3) is 0 Å². The number of anilines is 1. The molecule has 0 aliphatic heterocycles. The molecule has 3 N–H and O–H groups in total. The lowest BCUT2D eigenvalue weighted by Gasteiger charge is -2.17. The highest BCUT2D eigenvalue weighted by Crippen LogP contribution is 2.19. The molecule has 0 aliphatic carbocycles. The summed E-state index contributed by atoms with van der Waals surface area (Å²) in [4.78, 5) is 0. The largest absolute Gasteiger partial charge is 0.399 e. The van der Waals surface area contributed by atoms with E-state index < -0.39 is 0 Å². The topological polar surface area (TPSA) is 38.0 Å². The Kier molecular flexibility index (Phi) is 4.48. The van der Waals surface area contributed by atoms with E-state index in [2.05, 4.69) is 31.6 Å². The van der Waals surface area contributed by atoms with Crippen LogP contribution in [0, 0.1) is 0 Å². The molecule has 15 heavy (non-hydrogen) atoms. The van der Waals surface area contributed by atoms with E-state index in [0.717, 1.165) is 18.7 Å². The lowest BCUT2D eigenvalue weighted by molar-refractivity contribution is 0.784. The first kappa shape index (κ1) is 12.4. The van der Waals surface area contributed by atoms with Gasteiger partial charge in [0.15, 0.2) is 0 Å². The van der Waals surface area contributed by atoms with Crippen molar-refractivity contribution in [1.82, 2.24) is 4.72 Å².